The molecule has 1 N–H and O–H groups in total. The van der Waals surface area contributed by atoms with Crippen molar-refractivity contribution in [1.82, 2.24) is 14.8 Å². The molecule has 2 aliphatic carbocycles. The number of amides is 2. The van der Waals surface area contributed by atoms with Crippen LogP contribution in [-0.4, -0.2) is 58.7 Å². The summed E-state index contributed by atoms with van der Waals surface area (Å²) in [6.07, 6.45) is -0.267. The molecule has 37 heavy (non-hydrogen) atoms. The van der Waals surface area contributed by atoms with Gasteiger partial charge < -0.3 is 14.8 Å². The number of nitriles is 1. The number of benzene rings is 1. The van der Waals surface area contributed by atoms with Crippen LogP contribution in [0.4, 0.5) is 8.78 Å². The number of carbonyl (C=O) groups is 2. The Morgan fingerprint density at radius 3 is 2.49 bits per heavy atom. The van der Waals surface area contributed by atoms with Crippen molar-refractivity contribution in [3.8, 4) is 6.07 Å². The van der Waals surface area contributed by atoms with Crippen molar-refractivity contribution in [2.75, 3.05) is 13.1 Å². The number of nitrogens with zero attached hydrogens (tertiary/aromatic N) is 3. The SMILES string of the molecule is N#Cc1ccc(CNC(=O)c2ccc3n(c2=O)CCN(CC2(S(=O)(=O)C4CC4(F)F)CC2)C3=O)cc1Cl. The van der Waals surface area contributed by atoms with Crippen LogP contribution in [0.15, 0.2) is 35.1 Å². The summed E-state index contributed by atoms with van der Waals surface area (Å²) in [6.45, 7) is -0.111. The molecular weight excluding hydrogens is 530 g/mol. The van der Waals surface area contributed by atoms with Gasteiger partial charge in [-0.25, -0.2) is 17.2 Å². The van der Waals surface area contributed by atoms with E-state index in [1.165, 1.54) is 29.2 Å². The summed E-state index contributed by atoms with van der Waals surface area (Å²) >= 11 is 6.00. The van der Waals surface area contributed by atoms with Gasteiger partial charge in [0, 0.05) is 32.6 Å². The Hall–Kier alpha value is -3.30. The van der Waals surface area contributed by atoms with Crippen molar-refractivity contribution >= 4 is 33.3 Å². The highest BCUT2D eigenvalue weighted by Gasteiger charge is 2.71. The zero-order valence-electron chi connectivity index (χ0n) is 19.3. The fourth-order valence-electron chi connectivity index (χ4n) is 4.68. The van der Waals surface area contributed by atoms with E-state index in [2.05, 4.69) is 5.32 Å². The van der Waals surface area contributed by atoms with Crippen LogP contribution in [0, 0.1) is 11.3 Å². The van der Waals surface area contributed by atoms with Crippen molar-refractivity contribution in [3.05, 3.63) is 68.1 Å². The number of rotatable bonds is 7. The molecule has 0 bridgehead atoms. The molecule has 0 spiro atoms. The average Bonchev–Trinajstić information content (AvgIpc) is 3.76. The molecule has 2 fully saturated rings. The molecule has 5 rings (SSSR count). The third kappa shape index (κ3) is 4.30. The zero-order chi connectivity index (χ0) is 26.8. The molecule has 2 heterocycles. The predicted molar refractivity (Wildman–Crippen MR) is 128 cm³/mol. The van der Waals surface area contributed by atoms with Crippen LogP contribution in [0.25, 0.3) is 0 Å². The molecule has 2 saturated carbocycles. The molecule has 1 aliphatic heterocycles. The first-order valence-electron chi connectivity index (χ1n) is 11.5. The van der Waals surface area contributed by atoms with Gasteiger partial charge in [-0.2, -0.15) is 5.26 Å². The quantitative estimate of drug-likeness (QED) is 0.562. The van der Waals surface area contributed by atoms with Crippen molar-refractivity contribution < 1.29 is 26.8 Å². The lowest BCUT2D eigenvalue weighted by Gasteiger charge is -2.32. The molecule has 9 nitrogen and oxygen atoms in total. The Bertz CT molecular complexity index is 1550. The van der Waals surface area contributed by atoms with E-state index in [1.807, 2.05) is 6.07 Å². The second-order valence-corrected chi connectivity index (χ2v) is 12.5. The Morgan fingerprint density at radius 2 is 1.89 bits per heavy atom. The Morgan fingerprint density at radius 1 is 1.19 bits per heavy atom. The Balaban J connectivity index is 1.29. The summed E-state index contributed by atoms with van der Waals surface area (Å²) < 4.78 is 52.3. The molecule has 1 unspecified atom stereocenters. The van der Waals surface area contributed by atoms with Gasteiger partial charge in [0.05, 0.1) is 15.3 Å². The second-order valence-electron chi connectivity index (χ2n) is 9.61. The van der Waals surface area contributed by atoms with E-state index >= 15 is 0 Å². The number of nitrogens with one attached hydrogen (secondary N) is 1. The Kier molecular flexibility index (Phi) is 5.91. The topological polar surface area (TPSA) is 129 Å². The van der Waals surface area contributed by atoms with Gasteiger partial charge >= 0.3 is 0 Å². The van der Waals surface area contributed by atoms with E-state index < -0.39 is 49.6 Å². The second kappa shape index (κ2) is 8.63. The van der Waals surface area contributed by atoms with Crippen LogP contribution in [-0.2, 0) is 22.9 Å². The number of aromatic nitrogens is 1. The van der Waals surface area contributed by atoms with Crippen LogP contribution in [0.1, 0.15) is 51.2 Å². The fraction of sp³-hybridized carbons (Fsp3) is 0.417. The van der Waals surface area contributed by atoms with Gasteiger partial charge in [0.25, 0.3) is 23.3 Å². The predicted octanol–water partition coefficient (Wildman–Crippen LogP) is 2.11. The summed E-state index contributed by atoms with van der Waals surface area (Å²) in [4.78, 5) is 40.0. The maximum absolute atomic E-state index is 13.5. The molecule has 194 valence electrons. The van der Waals surface area contributed by atoms with Crippen molar-refractivity contribution in [1.29, 1.82) is 5.26 Å². The van der Waals surface area contributed by atoms with Gasteiger partial charge in [0.1, 0.15) is 22.6 Å². The van der Waals surface area contributed by atoms with E-state index in [4.69, 9.17) is 16.9 Å². The molecular formula is C24H21ClF2N4O5S. The molecule has 0 saturated heterocycles. The van der Waals surface area contributed by atoms with Gasteiger partial charge in [0.2, 0.25) is 0 Å². The minimum atomic E-state index is -4.11. The number of hydrogen-bond donors (Lipinski definition) is 1. The fourth-order valence-corrected chi connectivity index (χ4v) is 7.43. The van der Waals surface area contributed by atoms with E-state index in [1.54, 1.807) is 6.07 Å². The minimum Gasteiger partial charge on any atom is -0.348 e. The van der Waals surface area contributed by atoms with Crippen molar-refractivity contribution in [2.45, 2.75) is 48.3 Å². The van der Waals surface area contributed by atoms with Gasteiger partial charge in [-0.15, -0.1) is 0 Å². The molecule has 1 aromatic carbocycles. The number of carbonyl (C=O) groups excluding carboxylic acids is 2. The van der Waals surface area contributed by atoms with Gasteiger partial charge in [0.15, 0.2) is 9.84 Å². The largest absolute Gasteiger partial charge is 0.348 e. The van der Waals surface area contributed by atoms with E-state index in [9.17, 15) is 31.6 Å². The highest BCUT2D eigenvalue weighted by Crippen LogP contribution is 2.56. The molecule has 2 aromatic rings. The molecule has 2 amide bonds. The highest BCUT2D eigenvalue weighted by molar-refractivity contribution is 7.94. The lowest BCUT2D eigenvalue weighted by atomic mass is 10.1. The van der Waals surface area contributed by atoms with Crippen molar-refractivity contribution in [2.24, 2.45) is 0 Å². The zero-order valence-corrected chi connectivity index (χ0v) is 20.9. The first-order chi connectivity index (χ1) is 17.4. The number of hydrogen-bond acceptors (Lipinski definition) is 6. The Labute approximate surface area is 215 Å². The van der Waals surface area contributed by atoms with E-state index in [0.29, 0.717) is 11.1 Å². The van der Waals surface area contributed by atoms with E-state index in [0.717, 1.165) is 4.57 Å². The molecule has 0 radical (unpaired) electrons. The number of alkyl halides is 2. The van der Waals surface area contributed by atoms with Crippen LogP contribution >= 0.6 is 11.6 Å². The monoisotopic (exact) mass is 550 g/mol. The van der Waals surface area contributed by atoms with Gasteiger partial charge in [-0.1, -0.05) is 17.7 Å². The standard InChI is InChI=1S/C24H21ClF2N4O5S/c25-17-9-14(1-2-15(17)11-28)12-29-20(32)16-3-4-18-22(34)30(7-8-31(18)21(16)33)13-23(5-6-23)37(35,36)19-10-24(19,26)27/h1-4,9,19H,5-8,10,12-13H2,(H,29,32). The number of pyridine rings is 1. The highest BCUT2D eigenvalue weighted by atomic mass is 35.5. The number of halogens is 3. The van der Waals surface area contributed by atoms with E-state index in [-0.39, 0.29) is 55.3 Å². The lowest BCUT2D eigenvalue weighted by Crippen LogP contribution is -2.50. The summed E-state index contributed by atoms with van der Waals surface area (Å²) in [5, 5.41) is 10.1. The summed E-state index contributed by atoms with van der Waals surface area (Å²) in [7, 11) is -4.11. The molecule has 13 heteroatoms. The minimum absolute atomic E-state index is 0.00313. The lowest BCUT2D eigenvalue weighted by molar-refractivity contribution is 0.0694. The molecule has 3 aliphatic rings. The van der Waals surface area contributed by atoms with Crippen LogP contribution in [0.2, 0.25) is 5.02 Å². The van der Waals surface area contributed by atoms with Crippen LogP contribution in [0.5, 0.6) is 0 Å². The maximum Gasteiger partial charge on any atom is 0.270 e. The summed E-state index contributed by atoms with van der Waals surface area (Å²) in [6, 6.07) is 9.16. The first-order valence-corrected chi connectivity index (χ1v) is 13.4. The normalized spacial score (nSPS) is 21.1. The summed E-state index contributed by atoms with van der Waals surface area (Å²) in [5.41, 5.74) is 0.0547. The van der Waals surface area contributed by atoms with Crippen LogP contribution in [0.3, 0.4) is 0 Å². The third-order valence-electron chi connectivity index (χ3n) is 7.16. The van der Waals surface area contributed by atoms with Crippen LogP contribution < -0.4 is 10.9 Å². The summed E-state index contributed by atoms with van der Waals surface area (Å²) in [5.74, 6) is -4.47. The molecule has 1 atom stereocenters. The number of fused-ring (bicyclic) bond motifs is 1. The van der Waals surface area contributed by atoms with Gasteiger partial charge in [-0.05, 0) is 42.7 Å². The number of sulfone groups is 1. The van der Waals surface area contributed by atoms with Gasteiger partial charge in [-0.3, -0.25) is 14.4 Å². The van der Waals surface area contributed by atoms with Crippen molar-refractivity contribution in [3.63, 3.8) is 0 Å². The third-order valence-corrected chi connectivity index (χ3v) is 10.5. The molecule has 1 aromatic heterocycles. The smallest absolute Gasteiger partial charge is 0.270 e. The maximum atomic E-state index is 13.5. The first kappa shape index (κ1) is 25.4. The average molecular weight is 551 g/mol.